The van der Waals surface area contributed by atoms with E-state index in [4.69, 9.17) is 28.9 Å². The lowest BCUT2D eigenvalue weighted by Crippen LogP contribution is -2.64. The predicted octanol–water partition coefficient (Wildman–Crippen LogP) is 4.75. The summed E-state index contributed by atoms with van der Waals surface area (Å²) in [6.07, 6.45) is 4.47. The van der Waals surface area contributed by atoms with Crippen molar-refractivity contribution in [2.24, 2.45) is 11.3 Å². The highest BCUT2D eigenvalue weighted by Gasteiger charge is 2.52. The van der Waals surface area contributed by atoms with Crippen LogP contribution in [0.15, 0.2) is 34.3 Å². The molecule has 7 heteroatoms. The summed E-state index contributed by atoms with van der Waals surface area (Å²) in [5.74, 6) is 2.11. The molecule has 1 aromatic heterocycles. The Morgan fingerprint density at radius 3 is 2.75 bits per heavy atom. The van der Waals surface area contributed by atoms with Gasteiger partial charge in [-0.25, -0.2) is 9.97 Å². The zero-order valence-corrected chi connectivity index (χ0v) is 15.6. The number of hydrogen-bond acceptors (Lipinski definition) is 5. The van der Waals surface area contributed by atoms with Crippen molar-refractivity contribution in [2.75, 3.05) is 23.7 Å². The minimum atomic E-state index is 0.427. The van der Waals surface area contributed by atoms with E-state index in [1.165, 1.54) is 24.6 Å². The third kappa shape index (κ3) is 2.63. The fourth-order valence-corrected chi connectivity index (χ4v) is 4.75. The number of benzene rings is 1. The molecule has 2 aliphatic rings. The molecule has 1 atom stereocenters. The molecule has 1 saturated carbocycles. The van der Waals surface area contributed by atoms with Gasteiger partial charge in [0.2, 0.25) is 0 Å². The van der Waals surface area contributed by atoms with E-state index in [9.17, 15) is 0 Å². The molecule has 1 saturated heterocycles. The van der Waals surface area contributed by atoms with E-state index in [1.54, 1.807) is 12.3 Å². The number of anilines is 2. The largest absolute Gasteiger partial charge is 0.381 e. The first-order valence-electron chi connectivity index (χ1n) is 7.98. The van der Waals surface area contributed by atoms with Crippen LogP contribution in [0.25, 0.3) is 0 Å². The number of nitrogens with two attached hydrogens (primary N) is 1. The lowest BCUT2D eigenvalue weighted by Gasteiger charge is -2.60. The van der Waals surface area contributed by atoms with E-state index in [0.29, 0.717) is 26.3 Å². The summed E-state index contributed by atoms with van der Waals surface area (Å²) < 4.78 is 0. The van der Waals surface area contributed by atoms with Gasteiger partial charge in [0.25, 0.3) is 0 Å². The lowest BCUT2D eigenvalue weighted by atomic mass is 9.56. The fraction of sp³-hybridized carbons (Fsp3) is 0.412. The maximum Gasteiger partial charge on any atom is 0.158 e. The van der Waals surface area contributed by atoms with Gasteiger partial charge in [-0.05, 0) is 30.9 Å². The Labute approximate surface area is 155 Å². The standard InChI is InChI=1S/C17H18Cl2N4S/c1-10-5-6-17(10)8-23(9-17)13-7-21-16(15(20)22-13)24-12-4-2-3-11(18)14(12)19/h2-4,7,10H,5-6,8-9H2,1H3,(H2,20,22)/t10-/m0/s1. The molecule has 2 N–H and O–H groups in total. The number of nitrogen functional groups attached to an aromatic ring is 1. The Hall–Kier alpha value is -1.17. The Kier molecular flexibility index (Phi) is 4.06. The lowest BCUT2D eigenvalue weighted by molar-refractivity contribution is 0.0114. The molecule has 24 heavy (non-hydrogen) atoms. The topological polar surface area (TPSA) is 55.0 Å². The van der Waals surface area contributed by atoms with Crippen molar-refractivity contribution in [1.29, 1.82) is 0 Å². The van der Waals surface area contributed by atoms with Crippen molar-refractivity contribution < 1.29 is 0 Å². The normalized spacial score (nSPS) is 21.5. The molecule has 126 valence electrons. The minimum absolute atomic E-state index is 0.427. The van der Waals surface area contributed by atoms with Crippen molar-refractivity contribution >= 4 is 46.6 Å². The van der Waals surface area contributed by atoms with Gasteiger partial charge in [0.1, 0.15) is 10.8 Å². The first-order chi connectivity index (χ1) is 11.5. The number of nitrogens with zero attached hydrogens (tertiary/aromatic N) is 3. The van der Waals surface area contributed by atoms with Crippen LogP contribution in [0.2, 0.25) is 10.0 Å². The zero-order valence-electron chi connectivity index (χ0n) is 13.3. The van der Waals surface area contributed by atoms with E-state index in [-0.39, 0.29) is 0 Å². The number of aromatic nitrogens is 2. The van der Waals surface area contributed by atoms with Gasteiger partial charge in [0.15, 0.2) is 5.82 Å². The van der Waals surface area contributed by atoms with Gasteiger partial charge in [-0.3, -0.25) is 0 Å². The summed E-state index contributed by atoms with van der Waals surface area (Å²) in [6.45, 7) is 4.47. The molecular formula is C17H18Cl2N4S. The molecule has 4 rings (SSSR count). The second-order valence-corrected chi connectivity index (χ2v) is 8.55. The van der Waals surface area contributed by atoms with Crippen molar-refractivity contribution in [1.82, 2.24) is 9.97 Å². The molecule has 0 radical (unpaired) electrons. The first kappa shape index (κ1) is 16.3. The Balaban J connectivity index is 1.50. The van der Waals surface area contributed by atoms with Crippen molar-refractivity contribution in [3.63, 3.8) is 0 Å². The van der Waals surface area contributed by atoms with Crippen LogP contribution in [0.5, 0.6) is 0 Å². The van der Waals surface area contributed by atoms with Crippen LogP contribution >= 0.6 is 35.0 Å². The third-order valence-corrected chi connectivity index (χ3v) is 7.33. The average Bonchev–Trinajstić information content (AvgIpc) is 2.51. The van der Waals surface area contributed by atoms with Gasteiger partial charge in [-0.2, -0.15) is 0 Å². The zero-order chi connectivity index (χ0) is 16.9. The van der Waals surface area contributed by atoms with Crippen LogP contribution in [0.3, 0.4) is 0 Å². The molecule has 2 heterocycles. The van der Waals surface area contributed by atoms with Crippen molar-refractivity contribution in [2.45, 2.75) is 29.7 Å². The summed E-state index contributed by atoms with van der Waals surface area (Å²) >= 11 is 13.7. The summed E-state index contributed by atoms with van der Waals surface area (Å²) in [4.78, 5) is 12.1. The summed E-state index contributed by atoms with van der Waals surface area (Å²) in [5, 5.41) is 1.68. The monoisotopic (exact) mass is 380 g/mol. The molecule has 0 unspecified atom stereocenters. The van der Waals surface area contributed by atoms with Gasteiger partial charge < -0.3 is 10.6 Å². The number of hydrogen-bond donors (Lipinski definition) is 1. The fourth-order valence-electron chi connectivity index (χ4n) is 3.47. The molecule has 1 spiro atoms. The molecule has 2 fully saturated rings. The van der Waals surface area contributed by atoms with Crippen LogP contribution in [0, 0.1) is 11.3 Å². The van der Waals surface area contributed by atoms with Gasteiger partial charge in [-0.1, -0.05) is 48.0 Å². The molecule has 1 aromatic carbocycles. The first-order valence-corrected chi connectivity index (χ1v) is 9.55. The minimum Gasteiger partial charge on any atom is -0.381 e. The third-order valence-electron chi connectivity index (χ3n) is 5.33. The highest BCUT2D eigenvalue weighted by atomic mass is 35.5. The Morgan fingerprint density at radius 2 is 2.12 bits per heavy atom. The van der Waals surface area contributed by atoms with Gasteiger partial charge in [0.05, 0.1) is 16.2 Å². The van der Waals surface area contributed by atoms with Crippen LogP contribution < -0.4 is 10.6 Å². The summed E-state index contributed by atoms with van der Waals surface area (Å²) in [6, 6.07) is 5.51. The Morgan fingerprint density at radius 1 is 1.33 bits per heavy atom. The summed E-state index contributed by atoms with van der Waals surface area (Å²) in [5.41, 5.74) is 6.63. The quantitative estimate of drug-likeness (QED) is 0.831. The van der Waals surface area contributed by atoms with Gasteiger partial charge in [-0.15, -0.1) is 0 Å². The molecule has 0 bridgehead atoms. The SMILES string of the molecule is C[C@H]1CCC12CN(c1cnc(Sc3cccc(Cl)c3Cl)c(N)n1)C2. The molecule has 4 nitrogen and oxygen atoms in total. The maximum absolute atomic E-state index is 6.23. The van der Waals surface area contributed by atoms with E-state index >= 15 is 0 Å². The second kappa shape index (κ2) is 5.97. The maximum atomic E-state index is 6.23. The van der Waals surface area contributed by atoms with Crippen LogP contribution in [0.4, 0.5) is 11.6 Å². The number of halogens is 2. The van der Waals surface area contributed by atoms with Gasteiger partial charge in [0, 0.05) is 23.4 Å². The van der Waals surface area contributed by atoms with Crippen LogP contribution in [-0.4, -0.2) is 23.1 Å². The molecule has 0 amide bonds. The smallest absolute Gasteiger partial charge is 0.158 e. The summed E-state index contributed by atoms with van der Waals surface area (Å²) in [7, 11) is 0. The van der Waals surface area contributed by atoms with E-state index < -0.39 is 0 Å². The van der Waals surface area contributed by atoms with Crippen LogP contribution in [0.1, 0.15) is 19.8 Å². The van der Waals surface area contributed by atoms with Crippen molar-refractivity contribution in [3.8, 4) is 0 Å². The average molecular weight is 381 g/mol. The molecule has 1 aliphatic carbocycles. The van der Waals surface area contributed by atoms with E-state index in [2.05, 4.69) is 21.8 Å². The highest BCUT2D eigenvalue weighted by Crippen LogP contribution is 2.53. The molecule has 1 aliphatic heterocycles. The predicted molar refractivity (Wildman–Crippen MR) is 100 cm³/mol. The van der Waals surface area contributed by atoms with E-state index in [0.717, 1.165) is 29.7 Å². The number of rotatable bonds is 3. The highest BCUT2D eigenvalue weighted by molar-refractivity contribution is 7.99. The van der Waals surface area contributed by atoms with Gasteiger partial charge >= 0.3 is 0 Å². The molecular weight excluding hydrogens is 363 g/mol. The van der Waals surface area contributed by atoms with Crippen LogP contribution in [-0.2, 0) is 0 Å². The second-order valence-electron chi connectivity index (χ2n) is 6.73. The Bertz CT molecular complexity index is 792. The van der Waals surface area contributed by atoms with Crippen molar-refractivity contribution in [3.05, 3.63) is 34.4 Å². The molecule has 2 aromatic rings. The van der Waals surface area contributed by atoms with E-state index in [1.807, 2.05) is 12.1 Å².